The Morgan fingerprint density at radius 1 is 1.19 bits per heavy atom. The van der Waals surface area contributed by atoms with Gasteiger partial charge in [0.1, 0.15) is 5.00 Å². The number of benzene rings is 2. The van der Waals surface area contributed by atoms with Gasteiger partial charge in [-0.3, -0.25) is 4.79 Å². The van der Waals surface area contributed by atoms with Crippen molar-refractivity contribution in [2.45, 2.75) is 20.4 Å². The molecule has 0 unspecified atom stereocenters. The topological polar surface area (TPSA) is 42.0 Å². The lowest BCUT2D eigenvalue weighted by Crippen LogP contribution is -2.03. The summed E-state index contributed by atoms with van der Waals surface area (Å²) in [5.74, 6) is 0.0571. The molecule has 21 heavy (non-hydrogen) atoms. The summed E-state index contributed by atoms with van der Waals surface area (Å²) in [6.45, 7) is 4.14. The Balaban J connectivity index is 1.89. The summed E-state index contributed by atoms with van der Waals surface area (Å²) in [6, 6.07) is 14.6. The summed E-state index contributed by atoms with van der Waals surface area (Å²) < 4.78 is 4.27. The average Bonchev–Trinajstić information content (AvgIpc) is 2.86. The van der Waals surface area contributed by atoms with E-state index in [0.717, 1.165) is 10.7 Å². The van der Waals surface area contributed by atoms with Crippen molar-refractivity contribution in [3.8, 4) is 0 Å². The SMILES string of the molecule is CC(=O)c1c(C)nsc1NCc1cccc2ccccc12. The molecule has 0 radical (unpaired) electrons. The van der Waals surface area contributed by atoms with E-state index in [9.17, 15) is 4.79 Å². The van der Waals surface area contributed by atoms with Crippen LogP contribution in [0.4, 0.5) is 5.00 Å². The second-order valence-electron chi connectivity index (χ2n) is 5.02. The van der Waals surface area contributed by atoms with E-state index in [0.29, 0.717) is 12.1 Å². The molecular weight excluding hydrogens is 280 g/mol. The van der Waals surface area contributed by atoms with Crippen LogP contribution in [0.1, 0.15) is 28.5 Å². The molecule has 2 aromatic carbocycles. The molecule has 4 heteroatoms. The van der Waals surface area contributed by atoms with E-state index >= 15 is 0 Å². The molecule has 0 aliphatic carbocycles. The van der Waals surface area contributed by atoms with E-state index in [1.807, 2.05) is 19.1 Å². The number of ketones is 1. The predicted molar refractivity (Wildman–Crippen MR) is 88.1 cm³/mol. The van der Waals surface area contributed by atoms with Gasteiger partial charge in [0.2, 0.25) is 0 Å². The molecule has 0 aliphatic heterocycles. The van der Waals surface area contributed by atoms with Gasteiger partial charge in [-0.25, -0.2) is 0 Å². The van der Waals surface area contributed by atoms with Crippen LogP contribution in [0.5, 0.6) is 0 Å². The van der Waals surface area contributed by atoms with Crippen molar-refractivity contribution in [2.75, 3.05) is 5.32 Å². The van der Waals surface area contributed by atoms with Crippen molar-refractivity contribution in [1.82, 2.24) is 4.37 Å². The molecule has 0 fully saturated rings. The number of fused-ring (bicyclic) bond motifs is 1. The van der Waals surface area contributed by atoms with Crippen LogP contribution in [0.15, 0.2) is 42.5 Å². The first-order chi connectivity index (χ1) is 10.2. The summed E-state index contributed by atoms with van der Waals surface area (Å²) in [5, 5.41) is 6.67. The molecule has 1 N–H and O–H groups in total. The van der Waals surface area contributed by atoms with Crippen molar-refractivity contribution in [3.05, 3.63) is 59.3 Å². The summed E-state index contributed by atoms with van der Waals surface area (Å²) in [7, 11) is 0. The molecule has 0 bridgehead atoms. The quantitative estimate of drug-likeness (QED) is 0.725. The maximum atomic E-state index is 11.7. The van der Waals surface area contributed by atoms with Crippen molar-refractivity contribution in [3.63, 3.8) is 0 Å². The molecule has 0 amide bonds. The Labute approximate surface area is 127 Å². The van der Waals surface area contributed by atoms with E-state index in [2.05, 4.69) is 40.0 Å². The summed E-state index contributed by atoms with van der Waals surface area (Å²) in [6.07, 6.45) is 0. The van der Waals surface area contributed by atoms with Gasteiger partial charge in [-0.2, -0.15) is 4.37 Å². The zero-order valence-corrected chi connectivity index (χ0v) is 12.8. The van der Waals surface area contributed by atoms with Crippen molar-refractivity contribution in [1.29, 1.82) is 0 Å². The Morgan fingerprint density at radius 2 is 1.95 bits per heavy atom. The average molecular weight is 296 g/mol. The predicted octanol–water partition coefficient (Wildman–Crippen LogP) is 4.42. The van der Waals surface area contributed by atoms with Crippen molar-refractivity contribution >= 4 is 33.1 Å². The van der Waals surface area contributed by atoms with Gasteiger partial charge in [0.25, 0.3) is 0 Å². The van der Waals surface area contributed by atoms with Gasteiger partial charge in [-0.1, -0.05) is 42.5 Å². The van der Waals surface area contributed by atoms with Gasteiger partial charge in [0.05, 0.1) is 11.3 Å². The molecule has 3 aromatic rings. The Bertz CT molecular complexity index is 802. The van der Waals surface area contributed by atoms with E-state index in [-0.39, 0.29) is 5.78 Å². The molecule has 1 aromatic heterocycles. The smallest absolute Gasteiger partial charge is 0.164 e. The highest BCUT2D eigenvalue weighted by molar-refractivity contribution is 7.10. The number of Topliss-reactive ketones (excluding diaryl/α,β-unsaturated/α-hetero) is 1. The number of hydrogen-bond donors (Lipinski definition) is 1. The Hall–Kier alpha value is -2.20. The first kappa shape index (κ1) is 13.8. The number of nitrogens with one attached hydrogen (secondary N) is 1. The number of aryl methyl sites for hydroxylation is 1. The number of nitrogens with zero attached hydrogens (tertiary/aromatic N) is 1. The third kappa shape index (κ3) is 2.67. The highest BCUT2D eigenvalue weighted by Gasteiger charge is 2.14. The number of hydrogen-bond acceptors (Lipinski definition) is 4. The van der Waals surface area contributed by atoms with Gasteiger partial charge in [-0.15, -0.1) is 0 Å². The first-order valence-corrected chi connectivity index (χ1v) is 7.62. The molecule has 0 saturated heterocycles. The van der Waals surface area contributed by atoms with Crippen LogP contribution in [0, 0.1) is 6.92 Å². The van der Waals surface area contributed by atoms with Crippen LogP contribution < -0.4 is 5.32 Å². The summed E-state index contributed by atoms with van der Waals surface area (Å²) in [4.78, 5) is 11.7. The van der Waals surface area contributed by atoms with Gasteiger partial charge in [-0.05, 0) is 41.7 Å². The second-order valence-corrected chi connectivity index (χ2v) is 5.79. The van der Waals surface area contributed by atoms with Crippen LogP contribution in [0.2, 0.25) is 0 Å². The zero-order chi connectivity index (χ0) is 14.8. The van der Waals surface area contributed by atoms with E-state index in [1.54, 1.807) is 6.92 Å². The fraction of sp³-hybridized carbons (Fsp3) is 0.176. The monoisotopic (exact) mass is 296 g/mol. The second kappa shape index (κ2) is 5.66. The number of rotatable bonds is 4. The Morgan fingerprint density at radius 3 is 2.76 bits per heavy atom. The Kier molecular flexibility index (Phi) is 3.71. The van der Waals surface area contributed by atoms with Gasteiger partial charge in [0.15, 0.2) is 5.78 Å². The maximum absolute atomic E-state index is 11.7. The number of carbonyl (C=O) groups is 1. The molecular formula is C17H16N2OS. The fourth-order valence-corrected chi connectivity index (χ4v) is 3.37. The van der Waals surface area contributed by atoms with Crippen molar-refractivity contribution < 1.29 is 4.79 Å². The minimum Gasteiger partial charge on any atom is -0.371 e. The lowest BCUT2D eigenvalue weighted by Gasteiger charge is -2.09. The van der Waals surface area contributed by atoms with Gasteiger partial charge >= 0.3 is 0 Å². The van der Waals surface area contributed by atoms with Crippen LogP contribution in [0.25, 0.3) is 10.8 Å². The van der Waals surface area contributed by atoms with E-state index in [1.165, 1.54) is 27.9 Å². The third-order valence-electron chi connectivity index (χ3n) is 3.53. The largest absolute Gasteiger partial charge is 0.371 e. The van der Waals surface area contributed by atoms with E-state index < -0.39 is 0 Å². The fourth-order valence-electron chi connectivity index (χ4n) is 2.53. The molecule has 106 valence electrons. The lowest BCUT2D eigenvalue weighted by atomic mass is 10.0. The maximum Gasteiger partial charge on any atom is 0.164 e. The summed E-state index contributed by atoms with van der Waals surface area (Å²) >= 11 is 1.35. The standard InChI is InChI=1S/C17H16N2OS/c1-11-16(12(2)20)17(21-19-11)18-10-14-8-5-7-13-6-3-4-9-15(13)14/h3-9,18H,10H2,1-2H3. The lowest BCUT2D eigenvalue weighted by molar-refractivity contribution is 0.101. The zero-order valence-electron chi connectivity index (χ0n) is 12.0. The number of aromatic nitrogens is 1. The highest BCUT2D eigenvalue weighted by atomic mass is 32.1. The minimum atomic E-state index is 0.0571. The molecule has 3 nitrogen and oxygen atoms in total. The van der Waals surface area contributed by atoms with Crippen molar-refractivity contribution in [2.24, 2.45) is 0 Å². The molecule has 1 heterocycles. The van der Waals surface area contributed by atoms with E-state index in [4.69, 9.17) is 0 Å². The number of anilines is 1. The van der Waals surface area contributed by atoms with Crippen LogP contribution >= 0.6 is 11.5 Å². The third-order valence-corrected chi connectivity index (χ3v) is 4.43. The highest BCUT2D eigenvalue weighted by Crippen LogP contribution is 2.26. The summed E-state index contributed by atoms with van der Waals surface area (Å²) in [5.41, 5.74) is 2.72. The molecule has 3 rings (SSSR count). The van der Waals surface area contributed by atoms with Crippen LogP contribution in [-0.2, 0) is 6.54 Å². The normalized spacial score (nSPS) is 10.8. The molecule has 0 saturated carbocycles. The molecule has 0 spiro atoms. The number of carbonyl (C=O) groups excluding carboxylic acids is 1. The molecule has 0 atom stereocenters. The minimum absolute atomic E-state index is 0.0571. The molecule has 0 aliphatic rings. The van der Waals surface area contributed by atoms with Crippen LogP contribution in [0.3, 0.4) is 0 Å². The van der Waals surface area contributed by atoms with Gasteiger partial charge in [0, 0.05) is 6.54 Å². The van der Waals surface area contributed by atoms with Crippen LogP contribution in [-0.4, -0.2) is 10.2 Å². The first-order valence-electron chi connectivity index (χ1n) is 6.84. The van der Waals surface area contributed by atoms with Gasteiger partial charge < -0.3 is 5.32 Å².